The number of rotatable bonds is 5. The molecule has 1 atom stereocenters. The van der Waals surface area contributed by atoms with Gasteiger partial charge >= 0.3 is 0 Å². The van der Waals surface area contributed by atoms with E-state index in [1.54, 1.807) is 10.9 Å². The molecule has 2 aromatic rings. The molecular weight excluding hydrogens is 270 g/mol. The second-order valence-electron chi connectivity index (χ2n) is 5.06. The summed E-state index contributed by atoms with van der Waals surface area (Å²) in [6, 6.07) is 7.44. The third kappa shape index (κ3) is 3.34. The van der Waals surface area contributed by atoms with Crippen LogP contribution in [0.25, 0.3) is 0 Å². The molecule has 0 spiro atoms. The average Bonchev–Trinajstić information content (AvgIpc) is 3.08. The lowest BCUT2D eigenvalue weighted by atomic mass is 10.1. The quantitative estimate of drug-likeness (QED) is 0.901. The van der Waals surface area contributed by atoms with Crippen LogP contribution in [-0.4, -0.2) is 28.5 Å². The second-order valence-corrected chi connectivity index (χ2v) is 5.06. The number of aromatic nitrogens is 2. The van der Waals surface area contributed by atoms with Crippen molar-refractivity contribution in [2.45, 2.75) is 25.9 Å². The molecular formula is C15H17N3O3. The zero-order valence-corrected chi connectivity index (χ0v) is 11.8. The molecule has 110 valence electrons. The van der Waals surface area contributed by atoms with Crippen LogP contribution in [0.3, 0.4) is 0 Å². The maximum atomic E-state index is 12.0. The largest absolute Gasteiger partial charge is 0.454 e. The Morgan fingerprint density at radius 2 is 2.29 bits per heavy atom. The molecule has 3 rings (SSSR count). The molecule has 0 bridgehead atoms. The summed E-state index contributed by atoms with van der Waals surface area (Å²) in [6.07, 6.45) is 3.92. The maximum Gasteiger partial charge on any atom is 0.231 e. The van der Waals surface area contributed by atoms with Gasteiger partial charge in [-0.15, -0.1) is 0 Å². The van der Waals surface area contributed by atoms with Crippen LogP contribution in [-0.2, 0) is 17.8 Å². The van der Waals surface area contributed by atoms with Crippen molar-refractivity contribution in [3.05, 3.63) is 42.2 Å². The van der Waals surface area contributed by atoms with Crippen LogP contribution in [0.4, 0.5) is 0 Å². The van der Waals surface area contributed by atoms with E-state index >= 15 is 0 Å². The minimum absolute atomic E-state index is 0.0198. The Labute approximate surface area is 122 Å². The van der Waals surface area contributed by atoms with E-state index in [1.807, 2.05) is 37.4 Å². The van der Waals surface area contributed by atoms with Crippen LogP contribution in [0.1, 0.15) is 12.5 Å². The van der Waals surface area contributed by atoms with Crippen molar-refractivity contribution >= 4 is 5.91 Å². The Hall–Kier alpha value is -2.50. The highest BCUT2D eigenvalue weighted by atomic mass is 16.7. The van der Waals surface area contributed by atoms with Crippen molar-refractivity contribution in [2.24, 2.45) is 0 Å². The van der Waals surface area contributed by atoms with E-state index in [1.165, 1.54) is 0 Å². The molecule has 1 N–H and O–H groups in total. The Balaban J connectivity index is 1.54. The summed E-state index contributed by atoms with van der Waals surface area (Å²) in [4.78, 5) is 12.0. The maximum absolute atomic E-state index is 12.0. The van der Waals surface area contributed by atoms with Gasteiger partial charge in [0.2, 0.25) is 12.7 Å². The minimum atomic E-state index is -0.0199. The molecule has 6 nitrogen and oxygen atoms in total. The SMILES string of the molecule is C[C@H](Cn1cccn1)NC(=O)Cc1ccc2c(c1)OCO2. The van der Waals surface area contributed by atoms with E-state index in [4.69, 9.17) is 9.47 Å². The van der Waals surface area contributed by atoms with Crippen molar-refractivity contribution in [3.8, 4) is 11.5 Å². The van der Waals surface area contributed by atoms with Crippen molar-refractivity contribution in [1.82, 2.24) is 15.1 Å². The molecule has 0 saturated heterocycles. The van der Waals surface area contributed by atoms with Crippen LogP contribution >= 0.6 is 0 Å². The minimum Gasteiger partial charge on any atom is -0.454 e. The number of hydrogen-bond acceptors (Lipinski definition) is 4. The number of fused-ring (bicyclic) bond motifs is 1. The van der Waals surface area contributed by atoms with E-state index in [0.717, 1.165) is 11.3 Å². The highest BCUT2D eigenvalue weighted by Gasteiger charge is 2.15. The van der Waals surface area contributed by atoms with Crippen LogP contribution in [0.2, 0.25) is 0 Å². The lowest BCUT2D eigenvalue weighted by Crippen LogP contribution is -2.36. The highest BCUT2D eigenvalue weighted by Crippen LogP contribution is 2.32. The van der Waals surface area contributed by atoms with Crippen LogP contribution < -0.4 is 14.8 Å². The monoisotopic (exact) mass is 287 g/mol. The topological polar surface area (TPSA) is 65.4 Å². The van der Waals surface area contributed by atoms with Crippen LogP contribution in [0.15, 0.2) is 36.7 Å². The fourth-order valence-corrected chi connectivity index (χ4v) is 2.30. The van der Waals surface area contributed by atoms with Gasteiger partial charge in [0.1, 0.15) is 0 Å². The smallest absolute Gasteiger partial charge is 0.231 e. The lowest BCUT2D eigenvalue weighted by Gasteiger charge is -2.14. The second kappa shape index (κ2) is 5.87. The summed E-state index contributed by atoms with van der Waals surface area (Å²) in [5, 5.41) is 7.08. The molecule has 21 heavy (non-hydrogen) atoms. The zero-order valence-electron chi connectivity index (χ0n) is 11.8. The van der Waals surface area contributed by atoms with Gasteiger partial charge in [0, 0.05) is 18.4 Å². The number of amides is 1. The van der Waals surface area contributed by atoms with E-state index in [2.05, 4.69) is 10.4 Å². The van der Waals surface area contributed by atoms with Crippen molar-refractivity contribution in [1.29, 1.82) is 0 Å². The van der Waals surface area contributed by atoms with Crippen molar-refractivity contribution in [2.75, 3.05) is 6.79 Å². The first-order valence-corrected chi connectivity index (χ1v) is 6.86. The molecule has 0 unspecified atom stereocenters. The molecule has 0 aliphatic carbocycles. The molecule has 2 heterocycles. The third-order valence-corrected chi connectivity index (χ3v) is 3.23. The van der Waals surface area contributed by atoms with E-state index < -0.39 is 0 Å². The van der Waals surface area contributed by atoms with Gasteiger partial charge in [-0.1, -0.05) is 6.07 Å². The first-order chi connectivity index (χ1) is 10.2. The third-order valence-electron chi connectivity index (χ3n) is 3.23. The first-order valence-electron chi connectivity index (χ1n) is 6.86. The molecule has 1 aliphatic rings. The number of benzene rings is 1. The summed E-state index contributed by atoms with van der Waals surface area (Å²) in [5.74, 6) is 1.41. The Kier molecular flexibility index (Phi) is 3.77. The van der Waals surface area contributed by atoms with Gasteiger partial charge < -0.3 is 14.8 Å². The van der Waals surface area contributed by atoms with Gasteiger partial charge in [-0.05, 0) is 30.7 Å². The number of carbonyl (C=O) groups excluding carboxylic acids is 1. The molecule has 0 fully saturated rings. The van der Waals surface area contributed by atoms with Crippen LogP contribution in [0.5, 0.6) is 11.5 Å². The highest BCUT2D eigenvalue weighted by molar-refractivity contribution is 5.79. The van der Waals surface area contributed by atoms with Gasteiger partial charge in [0.25, 0.3) is 0 Å². The molecule has 6 heteroatoms. The van der Waals surface area contributed by atoms with E-state index in [9.17, 15) is 4.79 Å². The summed E-state index contributed by atoms with van der Waals surface area (Å²) >= 11 is 0. The fraction of sp³-hybridized carbons (Fsp3) is 0.333. The Bertz CT molecular complexity index is 625. The van der Waals surface area contributed by atoms with E-state index in [0.29, 0.717) is 18.7 Å². The Morgan fingerprint density at radius 3 is 3.10 bits per heavy atom. The Morgan fingerprint density at radius 1 is 1.43 bits per heavy atom. The zero-order chi connectivity index (χ0) is 14.7. The number of nitrogens with zero attached hydrogens (tertiary/aromatic N) is 2. The van der Waals surface area contributed by atoms with Gasteiger partial charge in [-0.3, -0.25) is 9.48 Å². The summed E-state index contributed by atoms with van der Waals surface area (Å²) in [6.45, 7) is 2.85. The van der Waals surface area contributed by atoms with Gasteiger partial charge in [0.15, 0.2) is 11.5 Å². The average molecular weight is 287 g/mol. The molecule has 1 aromatic carbocycles. The molecule has 0 radical (unpaired) electrons. The predicted molar refractivity (Wildman–Crippen MR) is 76.1 cm³/mol. The van der Waals surface area contributed by atoms with Gasteiger partial charge in [-0.25, -0.2) is 0 Å². The molecule has 1 amide bonds. The molecule has 1 aromatic heterocycles. The van der Waals surface area contributed by atoms with Gasteiger partial charge in [-0.2, -0.15) is 5.10 Å². The first kappa shape index (κ1) is 13.5. The number of nitrogens with one attached hydrogen (secondary N) is 1. The number of hydrogen-bond donors (Lipinski definition) is 1. The summed E-state index contributed by atoms with van der Waals surface area (Å²) < 4.78 is 12.4. The van der Waals surface area contributed by atoms with E-state index in [-0.39, 0.29) is 18.7 Å². The number of carbonyl (C=O) groups is 1. The normalized spacial score (nSPS) is 14.0. The van der Waals surface area contributed by atoms with Gasteiger partial charge in [0.05, 0.1) is 13.0 Å². The molecule has 0 saturated carbocycles. The summed E-state index contributed by atoms with van der Waals surface area (Å²) in [7, 11) is 0. The predicted octanol–water partition coefficient (Wildman–Crippen LogP) is 1.36. The van der Waals surface area contributed by atoms with Crippen molar-refractivity contribution in [3.63, 3.8) is 0 Å². The fourth-order valence-electron chi connectivity index (χ4n) is 2.30. The summed E-state index contributed by atoms with van der Waals surface area (Å²) in [5.41, 5.74) is 0.906. The van der Waals surface area contributed by atoms with Crippen molar-refractivity contribution < 1.29 is 14.3 Å². The van der Waals surface area contributed by atoms with Crippen LogP contribution in [0, 0.1) is 0 Å². The molecule has 1 aliphatic heterocycles. The number of ether oxygens (including phenoxy) is 2. The standard InChI is InChI=1S/C15H17N3O3/c1-11(9-18-6-2-5-16-18)17-15(19)8-12-3-4-13-14(7-12)21-10-20-13/h2-7,11H,8-10H2,1H3,(H,17,19)/t11-/m1/s1. The lowest BCUT2D eigenvalue weighted by molar-refractivity contribution is -0.121.